The second kappa shape index (κ2) is 51.1. The van der Waals surface area contributed by atoms with E-state index in [2.05, 4.69) is 121 Å². The first-order valence-corrected chi connectivity index (χ1v) is 34.2. The Hall–Kier alpha value is -6.29. The van der Waals surface area contributed by atoms with Crippen LogP contribution in [0.15, 0.2) is 127 Å². The molecule has 6 aromatic carbocycles. The Bertz CT molecular complexity index is 3670. The Kier molecular flexibility index (Phi) is 53.3. The molecule has 0 radical (unpaired) electrons. The van der Waals surface area contributed by atoms with Crippen LogP contribution in [0.4, 0.5) is 45.5 Å². The van der Waals surface area contributed by atoms with Crippen molar-refractivity contribution in [3.8, 4) is 0 Å². The van der Waals surface area contributed by atoms with Crippen molar-refractivity contribution in [3.63, 3.8) is 0 Å². The van der Waals surface area contributed by atoms with Gasteiger partial charge in [-0.15, -0.1) is 21.9 Å². The maximum absolute atomic E-state index is 11.1. The van der Waals surface area contributed by atoms with E-state index in [9.17, 15) is 44.7 Å². The first kappa shape index (κ1) is 109. The molecule has 0 aliphatic heterocycles. The molecule has 0 saturated heterocycles. The number of amides is 2. The predicted molar refractivity (Wildman–Crippen MR) is 424 cm³/mol. The molecule has 10 N–H and O–H groups in total. The summed E-state index contributed by atoms with van der Waals surface area (Å²) in [4.78, 5) is 75.0. The third kappa shape index (κ3) is 50.2. The number of carbonyl (C=O) groups excluding carboxylic acids is 3. The van der Waals surface area contributed by atoms with Gasteiger partial charge in [0, 0.05) is 95.7 Å². The van der Waals surface area contributed by atoms with E-state index in [-0.39, 0.29) is 135 Å². The molecule has 2 amide bonds. The molecule has 0 bridgehead atoms. The number of rotatable bonds is 9. The average Bonchev–Trinajstić information content (AvgIpc) is 1.08. The fourth-order valence-corrected chi connectivity index (χ4v) is 9.28. The van der Waals surface area contributed by atoms with E-state index in [4.69, 9.17) is 68.1 Å². The second-order valence-electron chi connectivity index (χ2n) is 28.4. The summed E-state index contributed by atoms with van der Waals surface area (Å²) in [5.74, 6) is -0.217. The van der Waals surface area contributed by atoms with Crippen LogP contribution >= 0.6 is 51.8 Å². The number of nitrogens with zero attached hydrogens (tertiary/aromatic N) is 5. The molecule has 0 unspecified atom stereocenters. The zero-order chi connectivity index (χ0) is 80.9. The van der Waals surface area contributed by atoms with Crippen molar-refractivity contribution < 1.29 is 108 Å². The number of non-ortho nitro benzene ring substituents is 3. The number of para-hydroxylation sites is 2. The van der Waals surface area contributed by atoms with E-state index >= 15 is 0 Å². The number of halogens is 4. The molecule has 6 aromatic rings. The SMILES string of the molecule is Br.CC(=O)Cl.CC(=O)Nc1ccc([N+](=O)[O-])cc1C(C)(C)C.CC(=O)Nc1ccccc1C(C)(C)C.CC(C)(C)c1cc(N)ccc1Cl.CC(C)(C)c1cc([N+](=O)[O-])ccc1Cl.CC(C)(C)c1cc([N+](=O)[O-])ccc1N.CC(C)(C)c1ccccc1N.CCN(CC)CC.O=NO[O-].O=S(=O)(O)O.[K+]. The van der Waals surface area contributed by atoms with Crippen LogP contribution in [0.25, 0.3) is 0 Å². The predicted octanol–water partition coefficient (Wildman–Crippen LogP) is 15.6. The molecule has 0 spiro atoms. The topological polar surface area (TPSA) is 422 Å². The number of nitrogen functional groups attached to an aromatic ring is 3. The summed E-state index contributed by atoms with van der Waals surface area (Å²) in [6, 6.07) is 35.0. The monoisotopic (exact) mass is 1620 g/mol. The van der Waals surface area contributed by atoms with Crippen molar-refractivity contribution in [2.45, 2.75) is 199 Å². The zero-order valence-corrected chi connectivity index (χ0v) is 72.6. The zero-order valence-electron chi connectivity index (χ0n) is 64.7. The third-order valence-electron chi connectivity index (χ3n) is 13.3. The number of anilines is 5. The van der Waals surface area contributed by atoms with Crippen LogP contribution in [0, 0.1) is 35.3 Å². The van der Waals surface area contributed by atoms with Crippen LogP contribution in [0.3, 0.4) is 0 Å². The molecule has 104 heavy (non-hydrogen) atoms. The summed E-state index contributed by atoms with van der Waals surface area (Å²) in [5.41, 5.74) is 26.7. The van der Waals surface area contributed by atoms with Gasteiger partial charge in [-0.3, -0.25) is 53.8 Å². The normalized spacial score (nSPS) is 10.6. The summed E-state index contributed by atoms with van der Waals surface area (Å²) in [7, 11) is -4.67. The van der Waals surface area contributed by atoms with Gasteiger partial charge in [-0.25, -0.2) is 0 Å². The van der Waals surface area contributed by atoms with Gasteiger partial charge in [0.2, 0.25) is 17.1 Å². The number of carbonyl (C=O) groups is 3. The van der Waals surface area contributed by atoms with Gasteiger partial charge < -0.3 is 43.0 Å². The van der Waals surface area contributed by atoms with Crippen molar-refractivity contribution in [1.82, 2.24) is 4.90 Å². The van der Waals surface area contributed by atoms with E-state index in [0.29, 0.717) is 16.4 Å². The van der Waals surface area contributed by atoms with E-state index in [1.807, 2.05) is 123 Å². The number of hydrogen-bond acceptors (Lipinski definition) is 19. The fourth-order valence-electron chi connectivity index (χ4n) is 8.48. The van der Waals surface area contributed by atoms with Crippen LogP contribution in [0.2, 0.25) is 10.0 Å². The third-order valence-corrected chi connectivity index (χ3v) is 14.0. The molecule has 0 aromatic heterocycles. The molecular formula is C72H109BrCl3KN10O16S. The summed E-state index contributed by atoms with van der Waals surface area (Å²) >= 11 is 16.6. The molecule has 0 aliphatic carbocycles. The molecule has 32 heteroatoms. The smallest absolute Gasteiger partial charge is 0.635 e. The Morgan fingerprint density at radius 3 is 1.05 bits per heavy atom. The van der Waals surface area contributed by atoms with Gasteiger partial charge in [-0.2, -0.15) is 8.42 Å². The van der Waals surface area contributed by atoms with E-state index in [0.717, 1.165) is 49.9 Å². The van der Waals surface area contributed by atoms with Crippen molar-refractivity contribution in [2.24, 2.45) is 5.34 Å². The molecule has 0 atom stereocenters. The van der Waals surface area contributed by atoms with Crippen molar-refractivity contribution in [1.29, 1.82) is 0 Å². The summed E-state index contributed by atoms with van der Waals surface area (Å²) in [5, 5.41) is 48.1. The number of nitro groups is 3. The number of hydrogen-bond donors (Lipinski definition) is 7. The Labute approximate surface area is 683 Å². The second-order valence-corrected chi connectivity index (χ2v) is 30.6. The van der Waals surface area contributed by atoms with Crippen LogP contribution in [-0.2, 0) is 62.3 Å². The number of benzene rings is 6. The van der Waals surface area contributed by atoms with Crippen molar-refractivity contribution >= 4 is 125 Å². The van der Waals surface area contributed by atoms with Gasteiger partial charge in [0.15, 0.2) is 0 Å². The minimum atomic E-state index is -4.67. The van der Waals surface area contributed by atoms with Gasteiger partial charge in [-0.05, 0) is 146 Å². The molecule has 6 rings (SSSR count). The largest absolute Gasteiger partial charge is 1.00 e. The van der Waals surface area contributed by atoms with Gasteiger partial charge >= 0.3 is 61.8 Å². The fraction of sp³-hybridized carbons (Fsp3) is 0.458. The van der Waals surface area contributed by atoms with Crippen molar-refractivity contribution in [2.75, 3.05) is 47.5 Å². The van der Waals surface area contributed by atoms with Gasteiger partial charge in [0.25, 0.3) is 17.1 Å². The summed E-state index contributed by atoms with van der Waals surface area (Å²) in [6.07, 6.45) is 0. The minimum Gasteiger partial charge on any atom is -0.635 e. The first-order chi connectivity index (χ1) is 46.2. The van der Waals surface area contributed by atoms with E-state index < -0.39 is 25.2 Å². The average molecular weight is 1630 g/mol. The summed E-state index contributed by atoms with van der Waals surface area (Å²) < 4.78 is 31.6. The molecular weight excluding hydrogens is 1520 g/mol. The maximum atomic E-state index is 11.1. The van der Waals surface area contributed by atoms with E-state index in [1.54, 1.807) is 18.2 Å². The summed E-state index contributed by atoms with van der Waals surface area (Å²) in [6.45, 7) is 51.3. The molecule has 0 aliphatic rings. The molecule has 26 nitrogen and oxygen atoms in total. The number of nitro benzene ring substituents is 3. The minimum absolute atomic E-state index is 0. The molecule has 0 fully saturated rings. The maximum Gasteiger partial charge on any atom is 1.00 e. The Balaban J connectivity index is -0.000000263. The Morgan fingerprint density at radius 1 is 0.490 bits per heavy atom. The molecule has 578 valence electrons. The van der Waals surface area contributed by atoms with Crippen LogP contribution in [0.1, 0.15) is 200 Å². The molecule has 0 saturated carbocycles. The first-order valence-electron chi connectivity index (χ1n) is 31.7. The number of nitrogens with one attached hydrogen (secondary N) is 2. The molecule has 0 heterocycles. The van der Waals surface area contributed by atoms with Gasteiger partial charge in [0.05, 0.1) is 14.8 Å². The van der Waals surface area contributed by atoms with E-state index in [1.165, 1.54) is 87.7 Å². The quantitative estimate of drug-likeness (QED) is 0.0103. The standard InChI is InChI=1S/C12H16N2O3.C12H17NO.C10H12ClNO2.C10H14ClN.C10H14N2O2.C10H15N.C6H15N.C2H3ClO.BrH.K.HNO3.H2O4S/c1-8(15)13-11-6-5-9(14(16)17)7-10(11)12(2,3)4;1-9(14)13-11-8-6-5-7-10(11)12(2,3)4;1-10(2,3)8-6-7(12(13)14)4-5-9(8)11;1-10(2,3)8-6-7(12)4-5-9(8)11;1-10(2,3)8-6-7(12(13)14)4-5-9(8)11;1-10(2,3)8-6-4-5-7-9(8)11;1-4-7(5-2)6-3;1-2(3)4;;;2-1-4-3;1-5(2,3)4/h5-7H,1-4H3,(H,13,15);5-8H,1-4H3,(H,13,14);4-6H,1-3H3;4-6H,12H2,1-3H3;4-6H,11H2,1-3H3;4-7H,11H2,1-3H3;4-6H2,1-3H3;1H3;1H;;3H;(H2,1,2,3,4)/q;;;;;;;;;+1;;/p-1. The van der Waals surface area contributed by atoms with Crippen molar-refractivity contribution in [3.05, 3.63) is 200 Å². The van der Waals surface area contributed by atoms with Crippen LogP contribution < -0.4 is 84.5 Å². The van der Waals surface area contributed by atoms with Gasteiger partial charge in [0.1, 0.15) is 5.34 Å². The van der Waals surface area contributed by atoms with Crippen LogP contribution in [-0.4, -0.2) is 73.9 Å². The number of nitrogens with two attached hydrogens (primary N) is 3. The Morgan fingerprint density at radius 2 is 0.760 bits per heavy atom. The van der Waals surface area contributed by atoms with Gasteiger partial charge in [-0.1, -0.05) is 205 Å². The van der Waals surface area contributed by atoms with Crippen LogP contribution in [0.5, 0.6) is 0 Å².